The van der Waals surface area contributed by atoms with Crippen LogP contribution in [0.1, 0.15) is 180 Å². The first-order chi connectivity index (χ1) is 18.8. The van der Waals surface area contributed by atoms with Gasteiger partial charge < -0.3 is 0 Å². The predicted molar refractivity (Wildman–Crippen MR) is 174 cm³/mol. The minimum absolute atomic E-state index is 0.228. The molecule has 0 spiro atoms. The molecule has 38 heavy (non-hydrogen) atoms. The first kappa shape index (κ1) is 29.0. The molecule has 2 unspecified atom stereocenters. The van der Waals surface area contributed by atoms with Crippen molar-refractivity contribution in [1.82, 2.24) is 0 Å². The van der Waals surface area contributed by atoms with Crippen molar-refractivity contribution in [3.8, 4) is 0 Å². The standard InChI is InChI=1S/C36H65P2/c1-29(37(30-17-6-2-7-18-30)31-19-8-3-9-20-31)35-27-16-28-36(35)38(34-25-14-15-26-34,32-21-10-4-11-22-32)33-23-12-5-13-24-33/h29-36H,2-28H2,1H3/q+1/t29?,35-,36?/m0/s1. The lowest BCUT2D eigenvalue weighted by atomic mass is 9.99. The highest BCUT2D eigenvalue weighted by atomic mass is 31.2. The summed E-state index contributed by atoms with van der Waals surface area (Å²) in [6.07, 6.45) is 43.5. The second kappa shape index (κ2) is 13.9. The van der Waals surface area contributed by atoms with Crippen molar-refractivity contribution in [2.45, 2.75) is 220 Å². The Morgan fingerprint density at radius 2 is 0.789 bits per heavy atom. The topological polar surface area (TPSA) is 0 Å². The zero-order valence-corrected chi connectivity index (χ0v) is 27.4. The van der Waals surface area contributed by atoms with Crippen LogP contribution in [0, 0.1) is 5.92 Å². The Labute approximate surface area is 240 Å². The monoisotopic (exact) mass is 559 g/mol. The molecular formula is C36H65P2+. The van der Waals surface area contributed by atoms with Gasteiger partial charge in [0.1, 0.15) is 0 Å². The molecule has 6 fully saturated rings. The van der Waals surface area contributed by atoms with E-state index in [-0.39, 0.29) is 7.92 Å². The van der Waals surface area contributed by atoms with Crippen LogP contribution in [0.25, 0.3) is 0 Å². The van der Waals surface area contributed by atoms with Gasteiger partial charge in [0.05, 0.1) is 22.6 Å². The van der Waals surface area contributed by atoms with E-state index in [1.165, 1.54) is 22.6 Å². The van der Waals surface area contributed by atoms with Gasteiger partial charge in [-0.3, -0.25) is 0 Å². The van der Waals surface area contributed by atoms with E-state index in [4.69, 9.17) is 0 Å². The summed E-state index contributed by atoms with van der Waals surface area (Å²) < 4.78 is 0. The van der Waals surface area contributed by atoms with Crippen LogP contribution in [0.2, 0.25) is 0 Å². The Kier molecular flexibility index (Phi) is 10.6. The van der Waals surface area contributed by atoms with Gasteiger partial charge in [0.15, 0.2) is 0 Å². The summed E-state index contributed by atoms with van der Waals surface area (Å²) in [6, 6.07) is 0. The van der Waals surface area contributed by atoms with Crippen LogP contribution in [0.4, 0.5) is 0 Å². The van der Waals surface area contributed by atoms with Crippen molar-refractivity contribution in [2.75, 3.05) is 0 Å². The minimum atomic E-state index is -0.962. The van der Waals surface area contributed by atoms with E-state index in [9.17, 15) is 0 Å². The molecule has 218 valence electrons. The molecule has 0 aromatic rings. The Bertz CT molecular complexity index is 652. The third-order valence-electron chi connectivity index (χ3n) is 13.6. The molecule has 0 amide bonds. The quantitative estimate of drug-likeness (QED) is 0.259. The normalized spacial score (nSPS) is 33.3. The summed E-state index contributed by atoms with van der Waals surface area (Å²) in [7, 11) is -0.734. The molecule has 2 heteroatoms. The van der Waals surface area contributed by atoms with E-state index >= 15 is 0 Å². The van der Waals surface area contributed by atoms with Gasteiger partial charge in [0, 0.05) is 13.2 Å². The SMILES string of the molecule is CC([C@@H]1CCCC1[P+](C1CCCCC1)(C1CCCCC1)C1CCCC1)P(C1CCCCC1)C1CCCCC1. The van der Waals surface area contributed by atoms with Gasteiger partial charge in [-0.1, -0.05) is 66.2 Å². The lowest BCUT2D eigenvalue weighted by molar-refractivity contribution is 0.445. The molecule has 0 bridgehead atoms. The summed E-state index contributed by atoms with van der Waals surface area (Å²) >= 11 is 0. The zero-order valence-electron chi connectivity index (χ0n) is 25.6. The highest BCUT2D eigenvalue weighted by Crippen LogP contribution is 2.83. The maximum Gasteiger partial charge on any atom is 0.0739 e. The summed E-state index contributed by atoms with van der Waals surface area (Å²) in [4.78, 5) is 0. The summed E-state index contributed by atoms with van der Waals surface area (Å²) in [6.45, 7) is 2.92. The largest absolute Gasteiger partial charge is 0.0970 e. The third-order valence-corrected chi connectivity index (χ3v) is 24.7. The van der Waals surface area contributed by atoms with Crippen molar-refractivity contribution >= 4 is 15.2 Å². The summed E-state index contributed by atoms with van der Waals surface area (Å²) in [5.74, 6) is 1.14. The summed E-state index contributed by atoms with van der Waals surface area (Å²) in [5, 5.41) is 0. The molecule has 0 aromatic carbocycles. The van der Waals surface area contributed by atoms with E-state index < -0.39 is 7.26 Å². The average molecular weight is 560 g/mol. The minimum Gasteiger partial charge on any atom is -0.0970 e. The molecule has 0 heterocycles. The van der Waals surface area contributed by atoms with Crippen molar-refractivity contribution in [3.05, 3.63) is 0 Å². The zero-order chi connectivity index (χ0) is 25.8. The lowest BCUT2D eigenvalue weighted by Crippen LogP contribution is -2.44. The van der Waals surface area contributed by atoms with Crippen molar-refractivity contribution in [3.63, 3.8) is 0 Å². The van der Waals surface area contributed by atoms with E-state index in [0.717, 1.165) is 22.9 Å². The third kappa shape index (κ3) is 5.87. The van der Waals surface area contributed by atoms with Crippen molar-refractivity contribution in [2.24, 2.45) is 5.92 Å². The van der Waals surface area contributed by atoms with Crippen LogP contribution in [-0.2, 0) is 0 Å². The lowest BCUT2D eigenvalue weighted by Gasteiger charge is -2.53. The molecule has 0 aromatic heterocycles. The maximum absolute atomic E-state index is 2.92. The Morgan fingerprint density at radius 1 is 0.421 bits per heavy atom. The fourth-order valence-electron chi connectivity index (χ4n) is 12.1. The molecule has 3 atom stereocenters. The van der Waals surface area contributed by atoms with E-state index in [1.54, 1.807) is 173 Å². The van der Waals surface area contributed by atoms with E-state index in [2.05, 4.69) is 6.92 Å². The number of rotatable bonds is 8. The van der Waals surface area contributed by atoms with Gasteiger partial charge in [-0.25, -0.2) is 0 Å². The maximum atomic E-state index is 2.92. The molecular weight excluding hydrogens is 494 g/mol. The number of hydrogen-bond donors (Lipinski definition) is 0. The van der Waals surface area contributed by atoms with Gasteiger partial charge in [-0.15, -0.1) is 0 Å². The number of hydrogen-bond acceptors (Lipinski definition) is 0. The van der Waals surface area contributed by atoms with Gasteiger partial charge in [0.25, 0.3) is 0 Å². The Hall–Kier alpha value is 0.860. The fraction of sp³-hybridized carbons (Fsp3) is 1.00. The van der Waals surface area contributed by atoms with Gasteiger partial charge in [-0.05, 0) is 139 Å². The first-order valence-corrected chi connectivity index (χ1v) is 22.1. The molecule has 6 aliphatic carbocycles. The second-order valence-corrected chi connectivity index (χ2v) is 23.2. The van der Waals surface area contributed by atoms with Crippen LogP contribution in [-0.4, -0.2) is 39.6 Å². The van der Waals surface area contributed by atoms with E-state index in [1.807, 2.05) is 0 Å². The molecule has 0 aliphatic heterocycles. The molecule has 6 saturated carbocycles. The highest BCUT2D eigenvalue weighted by molar-refractivity contribution is 7.78. The van der Waals surface area contributed by atoms with Crippen molar-refractivity contribution < 1.29 is 0 Å². The van der Waals surface area contributed by atoms with E-state index in [0.29, 0.717) is 0 Å². The molecule has 0 saturated heterocycles. The predicted octanol–water partition coefficient (Wildman–Crippen LogP) is 12.3. The molecule has 6 aliphatic rings. The van der Waals surface area contributed by atoms with Crippen LogP contribution in [0.5, 0.6) is 0 Å². The average Bonchev–Trinajstić information content (AvgIpc) is 3.70. The Balaban J connectivity index is 1.36. The molecule has 0 radical (unpaired) electrons. The van der Waals surface area contributed by atoms with Gasteiger partial charge in [-0.2, -0.15) is 0 Å². The summed E-state index contributed by atoms with van der Waals surface area (Å²) in [5.41, 5.74) is 8.23. The van der Waals surface area contributed by atoms with Gasteiger partial charge >= 0.3 is 0 Å². The fourth-order valence-corrected chi connectivity index (χ4v) is 25.8. The molecule has 0 N–H and O–H groups in total. The van der Waals surface area contributed by atoms with Crippen molar-refractivity contribution in [1.29, 1.82) is 0 Å². The van der Waals surface area contributed by atoms with Crippen LogP contribution in [0.15, 0.2) is 0 Å². The molecule has 6 rings (SSSR count). The van der Waals surface area contributed by atoms with Gasteiger partial charge in [0.2, 0.25) is 0 Å². The molecule has 0 nitrogen and oxygen atoms in total. The van der Waals surface area contributed by atoms with Crippen LogP contribution >= 0.6 is 15.2 Å². The smallest absolute Gasteiger partial charge is 0.0739 e. The second-order valence-electron chi connectivity index (χ2n) is 15.3. The highest BCUT2D eigenvalue weighted by Gasteiger charge is 2.65. The van der Waals surface area contributed by atoms with Crippen LogP contribution < -0.4 is 0 Å². The Morgan fingerprint density at radius 3 is 1.21 bits per heavy atom. The first-order valence-electron chi connectivity index (χ1n) is 18.5. The van der Waals surface area contributed by atoms with Crippen LogP contribution in [0.3, 0.4) is 0 Å².